The molecule has 20 heavy (non-hydrogen) atoms. The zero-order valence-corrected chi connectivity index (χ0v) is 12.0. The van der Waals surface area contributed by atoms with E-state index in [2.05, 4.69) is 48.7 Å². The van der Waals surface area contributed by atoms with Crippen molar-refractivity contribution in [1.29, 1.82) is 0 Å². The van der Waals surface area contributed by atoms with Crippen LogP contribution in [0.25, 0.3) is 6.08 Å². The maximum Gasteiger partial charge on any atom is 0.119 e. The maximum absolute atomic E-state index is 5.25. The molecule has 2 heteroatoms. The summed E-state index contributed by atoms with van der Waals surface area (Å²) in [7, 11) is 1.69. The topological polar surface area (TPSA) is 21.3 Å². The molecule has 2 rings (SSSR count). The van der Waals surface area contributed by atoms with Crippen molar-refractivity contribution in [3.05, 3.63) is 71.8 Å². The van der Waals surface area contributed by atoms with Crippen LogP contribution in [0.2, 0.25) is 0 Å². The van der Waals surface area contributed by atoms with Crippen molar-refractivity contribution < 1.29 is 4.74 Å². The fraction of sp³-hybridized carbons (Fsp3) is 0.222. The van der Waals surface area contributed by atoms with Gasteiger partial charge in [0.05, 0.1) is 7.11 Å². The average molecular weight is 267 g/mol. The van der Waals surface area contributed by atoms with E-state index < -0.39 is 0 Å². The van der Waals surface area contributed by atoms with Crippen LogP contribution in [0.1, 0.15) is 24.1 Å². The highest BCUT2D eigenvalue weighted by atomic mass is 16.5. The molecule has 0 aromatic heterocycles. The second-order valence-electron chi connectivity index (χ2n) is 4.72. The first-order valence-corrected chi connectivity index (χ1v) is 6.88. The Bertz CT molecular complexity index is 548. The van der Waals surface area contributed by atoms with Crippen LogP contribution in [0.5, 0.6) is 5.75 Å². The molecule has 0 saturated heterocycles. The van der Waals surface area contributed by atoms with E-state index in [1.165, 1.54) is 11.1 Å². The van der Waals surface area contributed by atoms with E-state index in [0.29, 0.717) is 6.04 Å². The Morgan fingerprint density at radius 3 is 2.65 bits per heavy atom. The van der Waals surface area contributed by atoms with Crippen LogP contribution in [0, 0.1) is 0 Å². The monoisotopic (exact) mass is 267 g/mol. The summed E-state index contributed by atoms with van der Waals surface area (Å²) in [6, 6.07) is 18.8. The highest BCUT2D eigenvalue weighted by Crippen LogP contribution is 2.18. The van der Waals surface area contributed by atoms with Gasteiger partial charge in [-0.05, 0) is 30.2 Å². The van der Waals surface area contributed by atoms with Gasteiger partial charge in [-0.2, -0.15) is 0 Å². The van der Waals surface area contributed by atoms with Gasteiger partial charge in [0.15, 0.2) is 0 Å². The van der Waals surface area contributed by atoms with Gasteiger partial charge in [0.2, 0.25) is 0 Å². The molecule has 2 aromatic rings. The van der Waals surface area contributed by atoms with Gasteiger partial charge in [-0.3, -0.25) is 0 Å². The van der Waals surface area contributed by atoms with Crippen molar-refractivity contribution in [3.8, 4) is 5.75 Å². The highest BCUT2D eigenvalue weighted by Gasteiger charge is 2.04. The fourth-order valence-corrected chi connectivity index (χ4v) is 2.03. The summed E-state index contributed by atoms with van der Waals surface area (Å²) in [6.45, 7) is 3.00. The summed E-state index contributed by atoms with van der Waals surface area (Å²) in [6.07, 6.45) is 4.28. The summed E-state index contributed by atoms with van der Waals surface area (Å²) in [4.78, 5) is 0. The van der Waals surface area contributed by atoms with Gasteiger partial charge in [0.1, 0.15) is 5.75 Å². The number of hydrogen-bond donors (Lipinski definition) is 1. The molecule has 0 radical (unpaired) electrons. The van der Waals surface area contributed by atoms with Crippen LogP contribution in [-0.4, -0.2) is 13.7 Å². The summed E-state index contributed by atoms with van der Waals surface area (Å²) < 4.78 is 5.25. The van der Waals surface area contributed by atoms with Crippen LogP contribution < -0.4 is 10.1 Å². The van der Waals surface area contributed by atoms with Crippen LogP contribution in [0.4, 0.5) is 0 Å². The number of methoxy groups -OCH3 is 1. The molecule has 0 amide bonds. The molecule has 1 N–H and O–H groups in total. The van der Waals surface area contributed by atoms with Gasteiger partial charge < -0.3 is 10.1 Å². The lowest BCUT2D eigenvalue weighted by atomic mass is 10.1. The summed E-state index contributed by atoms with van der Waals surface area (Å²) in [5.41, 5.74) is 2.46. The van der Waals surface area contributed by atoms with Crippen LogP contribution in [0.15, 0.2) is 60.7 Å². The standard InChI is InChI=1S/C18H21NO/c1-15(17-11-6-12-18(14-17)20-2)19-13-7-10-16-8-4-3-5-9-16/h3-12,14-15,19H,13H2,1-2H3/t15-/m1/s1. The molecule has 1 atom stereocenters. The first-order valence-electron chi connectivity index (χ1n) is 6.88. The number of hydrogen-bond acceptors (Lipinski definition) is 2. The molecule has 104 valence electrons. The predicted molar refractivity (Wildman–Crippen MR) is 84.9 cm³/mol. The Hall–Kier alpha value is -2.06. The van der Waals surface area contributed by atoms with Crippen molar-refractivity contribution in [2.24, 2.45) is 0 Å². The second-order valence-corrected chi connectivity index (χ2v) is 4.72. The van der Waals surface area contributed by atoms with E-state index >= 15 is 0 Å². The molecule has 0 heterocycles. The minimum atomic E-state index is 0.297. The van der Waals surface area contributed by atoms with E-state index in [1.54, 1.807) is 7.11 Å². The Morgan fingerprint density at radius 2 is 1.90 bits per heavy atom. The van der Waals surface area contributed by atoms with E-state index in [9.17, 15) is 0 Å². The first kappa shape index (κ1) is 14.4. The van der Waals surface area contributed by atoms with E-state index in [-0.39, 0.29) is 0 Å². The normalized spacial score (nSPS) is 12.5. The predicted octanol–water partition coefficient (Wildman–Crippen LogP) is 4.06. The Balaban J connectivity index is 1.85. The van der Waals surface area contributed by atoms with Crippen LogP contribution >= 0.6 is 0 Å². The molecule has 0 saturated carbocycles. The van der Waals surface area contributed by atoms with Gasteiger partial charge >= 0.3 is 0 Å². The third-order valence-electron chi connectivity index (χ3n) is 3.25. The smallest absolute Gasteiger partial charge is 0.119 e. The summed E-state index contributed by atoms with van der Waals surface area (Å²) in [5, 5.41) is 3.48. The molecule has 0 aliphatic heterocycles. The molecule has 0 spiro atoms. The number of rotatable bonds is 6. The number of ether oxygens (including phenoxy) is 1. The number of nitrogens with one attached hydrogen (secondary N) is 1. The second kappa shape index (κ2) is 7.51. The van der Waals surface area contributed by atoms with Gasteiger partial charge in [-0.25, -0.2) is 0 Å². The zero-order valence-electron chi connectivity index (χ0n) is 12.0. The van der Waals surface area contributed by atoms with Crippen LogP contribution in [0.3, 0.4) is 0 Å². The van der Waals surface area contributed by atoms with E-state index in [1.807, 2.05) is 30.3 Å². The lowest BCUT2D eigenvalue weighted by molar-refractivity contribution is 0.413. The Labute approximate surface area is 121 Å². The molecule has 0 fully saturated rings. The Kier molecular flexibility index (Phi) is 5.39. The molecule has 0 aliphatic rings. The Morgan fingerprint density at radius 1 is 1.10 bits per heavy atom. The van der Waals surface area contributed by atoms with E-state index in [4.69, 9.17) is 4.74 Å². The van der Waals surface area contributed by atoms with Gasteiger partial charge in [0, 0.05) is 12.6 Å². The zero-order chi connectivity index (χ0) is 14.2. The molecular weight excluding hydrogens is 246 g/mol. The minimum Gasteiger partial charge on any atom is -0.497 e. The highest BCUT2D eigenvalue weighted by molar-refractivity contribution is 5.48. The van der Waals surface area contributed by atoms with Crippen molar-refractivity contribution >= 4 is 6.08 Å². The largest absolute Gasteiger partial charge is 0.497 e. The van der Waals surface area contributed by atoms with Crippen molar-refractivity contribution in [3.63, 3.8) is 0 Å². The molecule has 2 aromatic carbocycles. The summed E-state index contributed by atoms with van der Waals surface area (Å²) in [5.74, 6) is 0.899. The van der Waals surface area contributed by atoms with Gasteiger partial charge in [0.25, 0.3) is 0 Å². The molecule has 2 nitrogen and oxygen atoms in total. The number of benzene rings is 2. The van der Waals surface area contributed by atoms with E-state index in [0.717, 1.165) is 12.3 Å². The van der Waals surface area contributed by atoms with Crippen LogP contribution in [-0.2, 0) is 0 Å². The maximum atomic E-state index is 5.25. The minimum absolute atomic E-state index is 0.297. The fourth-order valence-electron chi connectivity index (χ4n) is 2.03. The lowest BCUT2D eigenvalue weighted by Crippen LogP contribution is -2.18. The molecule has 0 aliphatic carbocycles. The third kappa shape index (κ3) is 4.25. The van der Waals surface area contributed by atoms with Gasteiger partial charge in [-0.1, -0.05) is 54.6 Å². The first-order chi connectivity index (χ1) is 9.79. The molecule has 0 bridgehead atoms. The lowest BCUT2D eigenvalue weighted by Gasteiger charge is -2.13. The average Bonchev–Trinajstić information content (AvgIpc) is 2.52. The summed E-state index contributed by atoms with van der Waals surface area (Å²) >= 11 is 0. The van der Waals surface area contributed by atoms with Crippen molar-refractivity contribution in [2.45, 2.75) is 13.0 Å². The SMILES string of the molecule is COc1cccc([C@@H](C)NCC=Cc2ccccc2)c1. The molecular formula is C18H21NO. The van der Waals surface area contributed by atoms with Crippen molar-refractivity contribution in [2.75, 3.05) is 13.7 Å². The molecule has 0 unspecified atom stereocenters. The van der Waals surface area contributed by atoms with Gasteiger partial charge in [-0.15, -0.1) is 0 Å². The van der Waals surface area contributed by atoms with Crippen molar-refractivity contribution in [1.82, 2.24) is 5.32 Å². The third-order valence-corrected chi connectivity index (χ3v) is 3.25. The quantitative estimate of drug-likeness (QED) is 0.852.